The molecule has 16 heavy (non-hydrogen) atoms. The SMILES string of the molecule is NCC(c1ccccc1Br)C1CCCCC1. The van der Waals surface area contributed by atoms with Crippen molar-refractivity contribution in [2.24, 2.45) is 11.7 Å². The molecule has 1 aromatic rings. The molecule has 0 heterocycles. The van der Waals surface area contributed by atoms with Crippen molar-refractivity contribution in [3.05, 3.63) is 34.3 Å². The van der Waals surface area contributed by atoms with Crippen LogP contribution in [0.15, 0.2) is 28.7 Å². The van der Waals surface area contributed by atoms with Gasteiger partial charge in [0.1, 0.15) is 0 Å². The van der Waals surface area contributed by atoms with Crippen molar-refractivity contribution in [2.45, 2.75) is 38.0 Å². The minimum Gasteiger partial charge on any atom is -0.330 e. The van der Waals surface area contributed by atoms with Crippen LogP contribution in [0.2, 0.25) is 0 Å². The highest BCUT2D eigenvalue weighted by molar-refractivity contribution is 9.10. The summed E-state index contributed by atoms with van der Waals surface area (Å²) in [5.74, 6) is 1.33. The van der Waals surface area contributed by atoms with Crippen LogP contribution in [0.4, 0.5) is 0 Å². The molecule has 0 spiro atoms. The van der Waals surface area contributed by atoms with Crippen LogP contribution in [0.5, 0.6) is 0 Å². The van der Waals surface area contributed by atoms with Crippen molar-refractivity contribution < 1.29 is 0 Å². The van der Waals surface area contributed by atoms with Crippen LogP contribution in [-0.4, -0.2) is 6.54 Å². The van der Waals surface area contributed by atoms with Gasteiger partial charge in [0.05, 0.1) is 0 Å². The molecule has 1 aliphatic carbocycles. The topological polar surface area (TPSA) is 26.0 Å². The Morgan fingerprint density at radius 3 is 2.50 bits per heavy atom. The van der Waals surface area contributed by atoms with Gasteiger partial charge in [-0.25, -0.2) is 0 Å². The molecular formula is C14H20BrN. The smallest absolute Gasteiger partial charge is 0.0210 e. The van der Waals surface area contributed by atoms with E-state index in [1.54, 1.807) is 0 Å². The van der Waals surface area contributed by atoms with E-state index in [1.807, 2.05) is 0 Å². The first-order chi connectivity index (χ1) is 7.83. The maximum absolute atomic E-state index is 5.98. The summed E-state index contributed by atoms with van der Waals surface area (Å²) in [7, 11) is 0. The van der Waals surface area contributed by atoms with Crippen LogP contribution in [0.1, 0.15) is 43.6 Å². The summed E-state index contributed by atoms with van der Waals surface area (Å²) in [5, 5.41) is 0. The summed E-state index contributed by atoms with van der Waals surface area (Å²) < 4.78 is 1.22. The Morgan fingerprint density at radius 2 is 1.88 bits per heavy atom. The highest BCUT2D eigenvalue weighted by Crippen LogP contribution is 2.37. The van der Waals surface area contributed by atoms with Gasteiger partial charge in [-0.2, -0.15) is 0 Å². The van der Waals surface area contributed by atoms with Crippen LogP contribution in [0, 0.1) is 5.92 Å². The summed E-state index contributed by atoms with van der Waals surface area (Å²) in [5.41, 5.74) is 7.38. The van der Waals surface area contributed by atoms with Crippen molar-refractivity contribution in [1.82, 2.24) is 0 Å². The molecule has 0 bridgehead atoms. The van der Waals surface area contributed by atoms with Gasteiger partial charge >= 0.3 is 0 Å². The molecule has 2 heteroatoms. The number of rotatable bonds is 3. The van der Waals surface area contributed by atoms with Crippen molar-refractivity contribution in [2.75, 3.05) is 6.54 Å². The molecular weight excluding hydrogens is 262 g/mol. The van der Waals surface area contributed by atoms with Gasteiger partial charge in [-0.1, -0.05) is 53.4 Å². The van der Waals surface area contributed by atoms with E-state index >= 15 is 0 Å². The minimum atomic E-state index is 0.538. The summed E-state index contributed by atoms with van der Waals surface area (Å²) >= 11 is 3.65. The molecule has 0 aliphatic heterocycles. The lowest BCUT2D eigenvalue weighted by Gasteiger charge is -2.30. The predicted molar refractivity (Wildman–Crippen MR) is 72.5 cm³/mol. The third-order valence-corrected chi connectivity index (χ3v) is 4.50. The summed E-state index contributed by atoms with van der Waals surface area (Å²) in [6.07, 6.45) is 6.87. The number of hydrogen-bond acceptors (Lipinski definition) is 1. The zero-order chi connectivity index (χ0) is 11.4. The molecule has 1 aliphatic rings. The fourth-order valence-electron chi connectivity index (χ4n) is 2.89. The molecule has 1 atom stereocenters. The van der Waals surface area contributed by atoms with E-state index in [4.69, 9.17) is 5.73 Å². The van der Waals surface area contributed by atoms with E-state index in [0.717, 1.165) is 12.5 Å². The molecule has 1 nitrogen and oxygen atoms in total. The normalized spacial score (nSPS) is 19.6. The molecule has 1 unspecified atom stereocenters. The fourth-order valence-corrected chi connectivity index (χ4v) is 3.46. The van der Waals surface area contributed by atoms with E-state index in [0.29, 0.717) is 5.92 Å². The first-order valence-electron chi connectivity index (χ1n) is 6.27. The van der Waals surface area contributed by atoms with Crippen LogP contribution in [0.3, 0.4) is 0 Å². The first-order valence-corrected chi connectivity index (χ1v) is 7.06. The Hall–Kier alpha value is -0.340. The lowest BCUT2D eigenvalue weighted by Crippen LogP contribution is -2.23. The van der Waals surface area contributed by atoms with Crippen LogP contribution in [0.25, 0.3) is 0 Å². The second kappa shape index (κ2) is 5.83. The fraction of sp³-hybridized carbons (Fsp3) is 0.571. The van der Waals surface area contributed by atoms with E-state index in [-0.39, 0.29) is 0 Å². The van der Waals surface area contributed by atoms with Gasteiger partial charge in [0.15, 0.2) is 0 Å². The first kappa shape index (κ1) is 12.1. The largest absolute Gasteiger partial charge is 0.330 e. The summed E-state index contributed by atoms with van der Waals surface area (Å²) in [4.78, 5) is 0. The van der Waals surface area contributed by atoms with E-state index < -0.39 is 0 Å². The molecule has 1 aromatic carbocycles. The molecule has 1 saturated carbocycles. The number of benzene rings is 1. The van der Waals surface area contributed by atoms with Gasteiger partial charge in [0.25, 0.3) is 0 Å². The standard InChI is InChI=1S/C14H20BrN/c15-14-9-5-4-8-12(14)13(10-16)11-6-2-1-3-7-11/h4-5,8-9,11,13H,1-3,6-7,10,16H2. The van der Waals surface area contributed by atoms with E-state index in [1.165, 1.54) is 42.1 Å². The van der Waals surface area contributed by atoms with Gasteiger partial charge in [-0.3, -0.25) is 0 Å². The number of nitrogens with two attached hydrogens (primary N) is 1. The van der Waals surface area contributed by atoms with Gasteiger partial charge in [0, 0.05) is 10.4 Å². The minimum absolute atomic E-state index is 0.538. The highest BCUT2D eigenvalue weighted by atomic mass is 79.9. The molecule has 0 saturated heterocycles. The Kier molecular flexibility index (Phi) is 4.42. The summed E-state index contributed by atoms with van der Waals surface area (Å²) in [6.45, 7) is 0.771. The van der Waals surface area contributed by atoms with Crippen LogP contribution >= 0.6 is 15.9 Å². The number of halogens is 1. The number of hydrogen-bond donors (Lipinski definition) is 1. The van der Waals surface area contributed by atoms with Gasteiger partial charge in [0.2, 0.25) is 0 Å². The lowest BCUT2D eigenvalue weighted by atomic mass is 9.77. The monoisotopic (exact) mass is 281 g/mol. The van der Waals surface area contributed by atoms with Crippen LogP contribution < -0.4 is 5.73 Å². The molecule has 88 valence electrons. The molecule has 2 rings (SSSR count). The van der Waals surface area contributed by atoms with Gasteiger partial charge < -0.3 is 5.73 Å². The molecule has 0 amide bonds. The second-order valence-electron chi connectivity index (χ2n) is 4.76. The molecule has 0 radical (unpaired) electrons. The zero-order valence-corrected chi connectivity index (χ0v) is 11.2. The maximum atomic E-state index is 5.98. The van der Waals surface area contributed by atoms with Crippen molar-refractivity contribution in [3.8, 4) is 0 Å². The Bertz CT molecular complexity index is 331. The van der Waals surface area contributed by atoms with Gasteiger partial charge in [-0.15, -0.1) is 0 Å². The van der Waals surface area contributed by atoms with Crippen molar-refractivity contribution in [3.63, 3.8) is 0 Å². The Morgan fingerprint density at radius 1 is 1.19 bits per heavy atom. The lowest BCUT2D eigenvalue weighted by molar-refractivity contribution is 0.307. The third kappa shape index (κ3) is 2.67. The maximum Gasteiger partial charge on any atom is 0.0210 e. The quantitative estimate of drug-likeness (QED) is 0.888. The van der Waals surface area contributed by atoms with E-state index in [9.17, 15) is 0 Å². The molecule has 0 aromatic heterocycles. The Balaban J connectivity index is 2.18. The molecule has 1 fully saturated rings. The average molecular weight is 282 g/mol. The second-order valence-corrected chi connectivity index (χ2v) is 5.62. The summed E-state index contributed by atoms with van der Waals surface area (Å²) in [6, 6.07) is 8.53. The van der Waals surface area contributed by atoms with Crippen molar-refractivity contribution in [1.29, 1.82) is 0 Å². The zero-order valence-electron chi connectivity index (χ0n) is 9.66. The Labute approximate surface area is 107 Å². The molecule has 2 N–H and O–H groups in total. The van der Waals surface area contributed by atoms with Gasteiger partial charge in [-0.05, 0) is 36.9 Å². The average Bonchev–Trinajstić information content (AvgIpc) is 2.34. The third-order valence-electron chi connectivity index (χ3n) is 3.78. The van der Waals surface area contributed by atoms with Crippen LogP contribution in [-0.2, 0) is 0 Å². The highest BCUT2D eigenvalue weighted by Gasteiger charge is 2.24. The van der Waals surface area contributed by atoms with E-state index in [2.05, 4.69) is 40.2 Å². The van der Waals surface area contributed by atoms with Crippen molar-refractivity contribution >= 4 is 15.9 Å². The predicted octanol–water partition coefficient (Wildman–Crippen LogP) is 4.07.